The van der Waals surface area contributed by atoms with Crippen LogP contribution in [0.25, 0.3) is 0 Å². The van der Waals surface area contributed by atoms with E-state index in [4.69, 9.17) is 10.5 Å². The summed E-state index contributed by atoms with van der Waals surface area (Å²) in [5.41, 5.74) is 5.62. The Morgan fingerprint density at radius 3 is 2.88 bits per heavy atom. The minimum absolute atomic E-state index is 0.0334. The maximum Gasteiger partial charge on any atom is 0.221 e. The van der Waals surface area contributed by atoms with E-state index in [0.717, 1.165) is 26.3 Å². The number of rotatable bonds is 5. The Kier molecular flexibility index (Phi) is 5.36. The molecule has 0 saturated carbocycles. The standard InChI is InChI=1S/C12H25N3O2/c1-10(13)8-11(16)14-4-5-15-6-7-17-9-12(15,2)3/h10H,4-9,13H2,1-3H3,(H,14,16). The van der Waals surface area contributed by atoms with Crippen LogP contribution < -0.4 is 11.1 Å². The summed E-state index contributed by atoms with van der Waals surface area (Å²) in [6, 6.07) is -0.0742. The number of hydrogen-bond donors (Lipinski definition) is 2. The molecule has 0 bridgehead atoms. The monoisotopic (exact) mass is 243 g/mol. The maximum atomic E-state index is 11.4. The normalized spacial score (nSPS) is 22.1. The van der Waals surface area contributed by atoms with Crippen molar-refractivity contribution in [1.29, 1.82) is 0 Å². The molecule has 1 atom stereocenters. The molecular weight excluding hydrogens is 218 g/mol. The molecule has 1 unspecified atom stereocenters. The lowest BCUT2D eigenvalue weighted by molar-refractivity contribution is -0.121. The van der Waals surface area contributed by atoms with Crippen molar-refractivity contribution in [3.8, 4) is 0 Å². The van der Waals surface area contributed by atoms with E-state index in [1.165, 1.54) is 0 Å². The fourth-order valence-electron chi connectivity index (χ4n) is 2.00. The van der Waals surface area contributed by atoms with Gasteiger partial charge in [0.05, 0.1) is 13.2 Å². The summed E-state index contributed by atoms with van der Waals surface area (Å²) in [6.07, 6.45) is 0.395. The smallest absolute Gasteiger partial charge is 0.221 e. The summed E-state index contributed by atoms with van der Waals surface area (Å²) in [7, 11) is 0. The fourth-order valence-corrected chi connectivity index (χ4v) is 2.00. The molecule has 3 N–H and O–H groups in total. The molecule has 0 aliphatic carbocycles. The third kappa shape index (κ3) is 5.02. The van der Waals surface area contributed by atoms with Gasteiger partial charge in [-0.25, -0.2) is 0 Å². The topological polar surface area (TPSA) is 67.6 Å². The van der Waals surface area contributed by atoms with Crippen LogP contribution in [0.5, 0.6) is 0 Å². The van der Waals surface area contributed by atoms with Crippen LogP contribution in [-0.4, -0.2) is 55.2 Å². The lowest BCUT2D eigenvalue weighted by Gasteiger charge is -2.42. The van der Waals surface area contributed by atoms with Gasteiger partial charge in [0.25, 0.3) is 0 Å². The Bertz CT molecular complexity index is 254. The van der Waals surface area contributed by atoms with Crippen molar-refractivity contribution in [1.82, 2.24) is 10.2 Å². The van der Waals surface area contributed by atoms with Crippen molar-refractivity contribution in [2.75, 3.05) is 32.8 Å². The molecule has 0 radical (unpaired) electrons. The van der Waals surface area contributed by atoms with E-state index >= 15 is 0 Å². The molecule has 17 heavy (non-hydrogen) atoms. The Morgan fingerprint density at radius 2 is 2.29 bits per heavy atom. The molecule has 1 amide bonds. The Hall–Kier alpha value is -0.650. The molecule has 0 aromatic rings. The van der Waals surface area contributed by atoms with Crippen molar-refractivity contribution in [3.63, 3.8) is 0 Å². The van der Waals surface area contributed by atoms with E-state index in [-0.39, 0.29) is 17.5 Å². The molecule has 100 valence electrons. The minimum Gasteiger partial charge on any atom is -0.378 e. The van der Waals surface area contributed by atoms with Gasteiger partial charge >= 0.3 is 0 Å². The first kappa shape index (κ1) is 14.4. The van der Waals surface area contributed by atoms with Gasteiger partial charge in [-0.1, -0.05) is 0 Å². The number of carbonyl (C=O) groups is 1. The van der Waals surface area contributed by atoms with Crippen LogP contribution in [0.4, 0.5) is 0 Å². The second-order valence-electron chi connectivity index (χ2n) is 5.38. The molecule has 5 heteroatoms. The lowest BCUT2D eigenvalue weighted by Crippen LogP contribution is -2.54. The van der Waals surface area contributed by atoms with Crippen LogP contribution >= 0.6 is 0 Å². The van der Waals surface area contributed by atoms with Gasteiger partial charge in [-0.2, -0.15) is 0 Å². The highest BCUT2D eigenvalue weighted by Crippen LogP contribution is 2.17. The predicted molar refractivity (Wildman–Crippen MR) is 67.7 cm³/mol. The first-order valence-electron chi connectivity index (χ1n) is 6.27. The number of ether oxygens (including phenoxy) is 1. The van der Waals surface area contributed by atoms with Gasteiger partial charge in [0.2, 0.25) is 5.91 Å². The van der Waals surface area contributed by atoms with Gasteiger partial charge in [0.15, 0.2) is 0 Å². The highest BCUT2D eigenvalue weighted by molar-refractivity contribution is 5.76. The van der Waals surface area contributed by atoms with Crippen LogP contribution in [0.15, 0.2) is 0 Å². The summed E-state index contributed by atoms with van der Waals surface area (Å²) in [5.74, 6) is 0.0334. The number of nitrogens with zero attached hydrogens (tertiary/aromatic N) is 1. The van der Waals surface area contributed by atoms with Gasteiger partial charge in [-0.05, 0) is 20.8 Å². The number of morpholine rings is 1. The largest absolute Gasteiger partial charge is 0.378 e. The number of hydrogen-bond acceptors (Lipinski definition) is 4. The molecule has 1 rings (SSSR count). The van der Waals surface area contributed by atoms with Crippen molar-refractivity contribution in [2.45, 2.75) is 38.8 Å². The van der Waals surface area contributed by atoms with Crippen LogP contribution in [0.2, 0.25) is 0 Å². The number of carbonyl (C=O) groups excluding carboxylic acids is 1. The van der Waals surface area contributed by atoms with E-state index < -0.39 is 0 Å². The molecule has 1 aliphatic heterocycles. The average molecular weight is 243 g/mol. The van der Waals surface area contributed by atoms with Crippen molar-refractivity contribution >= 4 is 5.91 Å². The molecule has 1 saturated heterocycles. The van der Waals surface area contributed by atoms with Crippen LogP contribution in [0.3, 0.4) is 0 Å². The third-order valence-corrected chi connectivity index (χ3v) is 3.03. The van der Waals surface area contributed by atoms with E-state index in [1.54, 1.807) is 0 Å². The average Bonchev–Trinajstić information content (AvgIpc) is 2.19. The van der Waals surface area contributed by atoms with Crippen molar-refractivity contribution in [3.05, 3.63) is 0 Å². The summed E-state index contributed by atoms with van der Waals surface area (Å²) < 4.78 is 5.45. The first-order chi connectivity index (χ1) is 7.92. The molecular formula is C12H25N3O2. The fraction of sp³-hybridized carbons (Fsp3) is 0.917. The molecule has 0 aromatic carbocycles. The van der Waals surface area contributed by atoms with Gasteiger partial charge in [-0.15, -0.1) is 0 Å². The zero-order valence-corrected chi connectivity index (χ0v) is 11.2. The molecule has 1 fully saturated rings. The Labute approximate surface area is 104 Å². The highest BCUT2D eigenvalue weighted by atomic mass is 16.5. The van der Waals surface area contributed by atoms with Gasteiger partial charge < -0.3 is 15.8 Å². The molecule has 5 nitrogen and oxygen atoms in total. The number of nitrogens with one attached hydrogen (secondary N) is 1. The predicted octanol–water partition coefficient (Wildman–Crippen LogP) is -0.0493. The maximum absolute atomic E-state index is 11.4. The summed E-state index contributed by atoms with van der Waals surface area (Å²) in [6.45, 7) is 10.2. The number of nitrogens with two attached hydrogens (primary N) is 1. The highest BCUT2D eigenvalue weighted by Gasteiger charge is 2.29. The van der Waals surface area contributed by atoms with Gasteiger partial charge in [0, 0.05) is 37.6 Å². The van der Waals surface area contributed by atoms with E-state index in [1.807, 2.05) is 6.92 Å². The third-order valence-electron chi connectivity index (χ3n) is 3.03. The second kappa shape index (κ2) is 6.33. The molecule has 0 aromatic heterocycles. The lowest BCUT2D eigenvalue weighted by atomic mass is 10.0. The number of amides is 1. The second-order valence-corrected chi connectivity index (χ2v) is 5.38. The Balaban J connectivity index is 2.23. The first-order valence-corrected chi connectivity index (χ1v) is 6.27. The van der Waals surface area contributed by atoms with Crippen molar-refractivity contribution in [2.24, 2.45) is 5.73 Å². The summed E-state index contributed by atoms with van der Waals surface area (Å²) in [4.78, 5) is 13.8. The van der Waals surface area contributed by atoms with Gasteiger partial charge in [-0.3, -0.25) is 9.69 Å². The van der Waals surface area contributed by atoms with E-state index in [0.29, 0.717) is 13.0 Å². The molecule has 1 aliphatic rings. The zero-order chi connectivity index (χ0) is 12.9. The van der Waals surface area contributed by atoms with Crippen LogP contribution in [0, 0.1) is 0 Å². The SMILES string of the molecule is CC(N)CC(=O)NCCN1CCOCC1(C)C. The summed E-state index contributed by atoms with van der Waals surface area (Å²) >= 11 is 0. The van der Waals surface area contributed by atoms with E-state index in [2.05, 4.69) is 24.1 Å². The van der Waals surface area contributed by atoms with Crippen LogP contribution in [0.1, 0.15) is 27.2 Å². The summed E-state index contributed by atoms with van der Waals surface area (Å²) in [5, 5.41) is 2.90. The molecule has 0 spiro atoms. The van der Waals surface area contributed by atoms with Crippen LogP contribution in [-0.2, 0) is 9.53 Å². The zero-order valence-electron chi connectivity index (χ0n) is 11.2. The van der Waals surface area contributed by atoms with Gasteiger partial charge in [0.1, 0.15) is 0 Å². The van der Waals surface area contributed by atoms with E-state index in [9.17, 15) is 4.79 Å². The quantitative estimate of drug-likeness (QED) is 0.710. The Morgan fingerprint density at radius 1 is 1.59 bits per heavy atom. The minimum atomic E-state index is -0.0742. The van der Waals surface area contributed by atoms with Crippen molar-refractivity contribution < 1.29 is 9.53 Å². The molecule has 1 heterocycles.